The number of pyridine rings is 1. The molecule has 2 aliphatic rings. The molecule has 1 aromatic carbocycles. The van der Waals surface area contributed by atoms with E-state index in [2.05, 4.69) is 25.4 Å². The topological polar surface area (TPSA) is 63.2 Å². The van der Waals surface area contributed by atoms with Gasteiger partial charge in [-0.2, -0.15) is 18.3 Å². The molecule has 0 amide bonds. The van der Waals surface area contributed by atoms with Crippen molar-refractivity contribution in [2.45, 2.75) is 51.5 Å². The van der Waals surface area contributed by atoms with Crippen LogP contribution in [0.1, 0.15) is 41.8 Å². The second-order valence-corrected chi connectivity index (χ2v) is 8.60. The first-order valence-corrected chi connectivity index (χ1v) is 10.7. The van der Waals surface area contributed by atoms with Crippen molar-refractivity contribution in [1.82, 2.24) is 15.2 Å². The third-order valence-corrected chi connectivity index (χ3v) is 6.52. The van der Waals surface area contributed by atoms with Crippen LogP contribution in [0, 0.1) is 13.8 Å². The molecule has 2 saturated heterocycles. The number of hydrogen-bond donors (Lipinski definition) is 1. The number of fused-ring (bicyclic) bond motifs is 3. The van der Waals surface area contributed by atoms with Crippen LogP contribution in [0.5, 0.6) is 0 Å². The van der Waals surface area contributed by atoms with E-state index in [9.17, 15) is 13.2 Å². The van der Waals surface area contributed by atoms with E-state index in [0.29, 0.717) is 42.4 Å². The molecule has 4 heterocycles. The van der Waals surface area contributed by atoms with Gasteiger partial charge in [-0.1, -0.05) is 12.1 Å². The minimum Gasteiger partial charge on any atom is -0.377 e. The fraction of sp³-hybridized carbons (Fsp3) is 0.435. The molecule has 0 saturated carbocycles. The van der Waals surface area contributed by atoms with Crippen molar-refractivity contribution in [2.75, 3.05) is 23.4 Å². The Morgan fingerprint density at radius 3 is 2.59 bits per heavy atom. The summed E-state index contributed by atoms with van der Waals surface area (Å²) >= 11 is 0. The number of alkyl halides is 3. The molecule has 0 radical (unpaired) electrons. The molecule has 0 spiro atoms. The van der Waals surface area contributed by atoms with Crippen LogP contribution in [-0.2, 0) is 10.9 Å². The number of aromatic nitrogens is 3. The molecule has 2 unspecified atom stereocenters. The van der Waals surface area contributed by atoms with E-state index < -0.39 is 17.8 Å². The molecule has 32 heavy (non-hydrogen) atoms. The van der Waals surface area contributed by atoms with Crippen LogP contribution in [-0.4, -0.2) is 40.5 Å². The monoisotopic (exact) mass is 443 g/mol. The zero-order valence-corrected chi connectivity index (χ0v) is 18.1. The Kier molecular flexibility index (Phi) is 4.96. The van der Waals surface area contributed by atoms with Gasteiger partial charge >= 0.3 is 6.18 Å². The summed E-state index contributed by atoms with van der Waals surface area (Å²) in [6.07, 6.45) is -1.43. The van der Waals surface area contributed by atoms with Crippen LogP contribution < -0.4 is 10.2 Å². The van der Waals surface area contributed by atoms with Crippen molar-refractivity contribution >= 4 is 22.4 Å². The number of anilines is 2. The van der Waals surface area contributed by atoms with Gasteiger partial charge in [0.1, 0.15) is 0 Å². The predicted molar refractivity (Wildman–Crippen MR) is 116 cm³/mol. The van der Waals surface area contributed by atoms with E-state index >= 15 is 0 Å². The number of nitrogens with one attached hydrogen (secondary N) is 1. The molecule has 9 heteroatoms. The molecule has 5 rings (SSSR count). The molecule has 0 aliphatic carbocycles. The van der Waals surface area contributed by atoms with Crippen LogP contribution in [0.3, 0.4) is 0 Å². The van der Waals surface area contributed by atoms with Gasteiger partial charge in [-0.25, -0.2) is 0 Å². The molecule has 2 bridgehead atoms. The van der Waals surface area contributed by atoms with Crippen LogP contribution in [0.2, 0.25) is 0 Å². The third kappa shape index (κ3) is 3.44. The summed E-state index contributed by atoms with van der Waals surface area (Å²) in [5, 5.41) is 12.6. The van der Waals surface area contributed by atoms with Gasteiger partial charge in [0.15, 0.2) is 5.82 Å². The van der Waals surface area contributed by atoms with Crippen LogP contribution in [0.25, 0.3) is 10.9 Å². The number of hydrogen-bond acceptors (Lipinski definition) is 6. The lowest BCUT2D eigenvalue weighted by Crippen LogP contribution is -2.64. The quantitative estimate of drug-likeness (QED) is 0.624. The molecule has 6 nitrogen and oxygen atoms in total. The summed E-state index contributed by atoms with van der Waals surface area (Å²) in [6, 6.07) is 6.60. The number of halogens is 3. The van der Waals surface area contributed by atoms with Crippen molar-refractivity contribution in [2.24, 2.45) is 0 Å². The normalized spacial score (nSPS) is 21.4. The fourth-order valence-corrected chi connectivity index (χ4v) is 4.87. The zero-order valence-electron chi connectivity index (χ0n) is 18.1. The van der Waals surface area contributed by atoms with Gasteiger partial charge in [-0.3, -0.25) is 4.98 Å². The Morgan fingerprint density at radius 1 is 1.16 bits per heavy atom. The summed E-state index contributed by atoms with van der Waals surface area (Å²) in [7, 11) is 0. The molecule has 3 aromatic rings. The summed E-state index contributed by atoms with van der Waals surface area (Å²) < 4.78 is 45.7. The first kappa shape index (κ1) is 20.9. The smallest absolute Gasteiger partial charge is 0.377 e. The average molecular weight is 443 g/mol. The van der Waals surface area contributed by atoms with Crippen LogP contribution in [0.4, 0.5) is 24.7 Å². The van der Waals surface area contributed by atoms with Crippen LogP contribution in [0.15, 0.2) is 30.5 Å². The highest BCUT2D eigenvalue weighted by Crippen LogP contribution is 2.39. The first-order chi connectivity index (χ1) is 15.2. The van der Waals surface area contributed by atoms with Gasteiger partial charge in [0.2, 0.25) is 0 Å². The average Bonchev–Trinajstić information content (AvgIpc) is 2.75. The molecular weight excluding hydrogens is 419 g/mol. The number of benzene rings is 1. The number of rotatable bonds is 4. The number of nitrogens with zero attached hydrogens (tertiary/aromatic N) is 4. The Labute approximate surface area is 183 Å². The molecule has 1 N–H and O–H groups in total. The third-order valence-electron chi connectivity index (χ3n) is 6.52. The molecule has 168 valence electrons. The van der Waals surface area contributed by atoms with Gasteiger partial charge in [0.05, 0.1) is 60.0 Å². The summed E-state index contributed by atoms with van der Waals surface area (Å²) in [6.45, 7) is 6.58. The van der Waals surface area contributed by atoms with Crippen molar-refractivity contribution in [3.05, 3.63) is 52.8 Å². The lowest BCUT2D eigenvalue weighted by atomic mass is 9.90. The first-order valence-electron chi connectivity index (χ1n) is 10.7. The summed E-state index contributed by atoms with van der Waals surface area (Å²) in [5.41, 5.74) is 2.57. The minimum atomic E-state index is -4.39. The van der Waals surface area contributed by atoms with E-state index in [1.54, 1.807) is 6.07 Å². The molecule has 2 fully saturated rings. The fourth-order valence-electron chi connectivity index (χ4n) is 4.87. The second-order valence-electron chi connectivity index (χ2n) is 8.60. The van der Waals surface area contributed by atoms with Crippen LogP contribution >= 0.6 is 0 Å². The number of ether oxygens (including phenoxy) is 1. The Hall–Kier alpha value is -2.94. The SMILES string of the molecule is Cc1c([C@@H](C)Nc2nnc(C)c3ncc(N4C5COCC4C5)cc23)cccc1C(F)(F)F. The Balaban J connectivity index is 1.50. The maximum atomic E-state index is 13.4. The maximum Gasteiger partial charge on any atom is 0.416 e. The molecular formula is C23H24F3N5O. The lowest BCUT2D eigenvalue weighted by Gasteiger charge is -2.53. The highest BCUT2D eigenvalue weighted by molar-refractivity contribution is 5.92. The van der Waals surface area contributed by atoms with Crippen molar-refractivity contribution in [3.8, 4) is 0 Å². The largest absolute Gasteiger partial charge is 0.416 e. The number of morpholine rings is 1. The number of aryl methyl sites for hydroxylation is 1. The summed E-state index contributed by atoms with van der Waals surface area (Å²) in [5.74, 6) is 0.506. The van der Waals surface area contributed by atoms with Crippen molar-refractivity contribution < 1.29 is 17.9 Å². The van der Waals surface area contributed by atoms with E-state index in [1.165, 1.54) is 13.0 Å². The van der Waals surface area contributed by atoms with E-state index in [-0.39, 0.29) is 5.56 Å². The summed E-state index contributed by atoms with van der Waals surface area (Å²) in [4.78, 5) is 6.97. The van der Waals surface area contributed by atoms with Crippen molar-refractivity contribution in [3.63, 3.8) is 0 Å². The zero-order chi connectivity index (χ0) is 22.6. The maximum absolute atomic E-state index is 13.4. The Bertz CT molecular complexity index is 1170. The van der Waals surface area contributed by atoms with Gasteiger partial charge < -0.3 is 15.0 Å². The molecule has 2 aliphatic heterocycles. The second kappa shape index (κ2) is 7.58. The lowest BCUT2D eigenvalue weighted by molar-refractivity contribution is -0.138. The van der Waals surface area contributed by atoms with Gasteiger partial charge in [-0.05, 0) is 50.5 Å². The highest BCUT2D eigenvalue weighted by Gasteiger charge is 2.42. The standard InChI is InChI=1S/C23H24F3N5O/c1-12-18(5-4-6-20(12)23(24,25)26)13(2)28-22-19-8-15(9-27-21(19)14(3)29-30-22)31-16-7-17(31)11-32-10-16/h4-6,8-9,13,16-17H,7,10-11H2,1-3H3,(H,28,30)/t13-,16?,17?/m1/s1. The molecule has 3 atom stereocenters. The minimum absolute atomic E-state index is 0.205. The van der Waals surface area contributed by atoms with E-state index in [0.717, 1.165) is 29.1 Å². The van der Waals surface area contributed by atoms with Crippen molar-refractivity contribution in [1.29, 1.82) is 0 Å². The van der Waals surface area contributed by atoms with Gasteiger partial charge in [0.25, 0.3) is 0 Å². The Morgan fingerprint density at radius 2 is 1.91 bits per heavy atom. The van der Waals surface area contributed by atoms with E-state index in [1.807, 2.05) is 26.1 Å². The molecule has 2 aromatic heterocycles. The highest BCUT2D eigenvalue weighted by atomic mass is 19.4. The van der Waals surface area contributed by atoms with E-state index in [4.69, 9.17) is 4.74 Å². The van der Waals surface area contributed by atoms with Gasteiger partial charge in [0, 0.05) is 5.39 Å². The van der Waals surface area contributed by atoms with Gasteiger partial charge in [-0.15, -0.1) is 5.10 Å². The predicted octanol–water partition coefficient (Wildman–Crippen LogP) is 4.81.